The zero-order valence-electron chi connectivity index (χ0n) is 31.5. The van der Waals surface area contributed by atoms with E-state index in [9.17, 15) is 23.8 Å². The highest BCUT2D eigenvalue weighted by Crippen LogP contribution is 2.43. The fourth-order valence-corrected chi connectivity index (χ4v) is 6.12. The number of esters is 2. The summed E-state index contributed by atoms with van der Waals surface area (Å²) in [7, 11) is -4.70. The predicted molar refractivity (Wildman–Crippen MR) is 199 cm³/mol. The summed E-state index contributed by atoms with van der Waals surface area (Å²) in [5.74, 6) is -2.38. The van der Waals surface area contributed by atoms with Crippen LogP contribution in [0.1, 0.15) is 181 Å². The largest absolute Gasteiger partial charge is 0.480 e. The lowest BCUT2D eigenvalue weighted by molar-refractivity contribution is -0.161. The van der Waals surface area contributed by atoms with Crippen LogP contribution in [0.25, 0.3) is 0 Å². The van der Waals surface area contributed by atoms with Crippen LogP contribution >= 0.6 is 7.82 Å². The van der Waals surface area contributed by atoms with E-state index in [0.29, 0.717) is 12.8 Å². The minimum Gasteiger partial charge on any atom is -0.480 e. The van der Waals surface area contributed by atoms with Gasteiger partial charge in [-0.3, -0.25) is 23.4 Å². The molecule has 0 aliphatic carbocycles. The van der Waals surface area contributed by atoms with Gasteiger partial charge in [-0.15, -0.1) is 0 Å². The highest BCUT2D eigenvalue weighted by Gasteiger charge is 2.28. The molecule has 3 atom stereocenters. The number of aliphatic carboxylic acids is 1. The average molecular weight is 734 g/mol. The predicted octanol–water partition coefficient (Wildman–Crippen LogP) is 9.73. The highest BCUT2D eigenvalue weighted by atomic mass is 31.2. The topological polar surface area (TPSA) is 172 Å². The van der Waals surface area contributed by atoms with Gasteiger partial charge in [-0.2, -0.15) is 0 Å². The molecular formula is C38H72NO10P. The number of carbonyl (C=O) groups excluding carboxylic acids is 2. The van der Waals surface area contributed by atoms with Crippen molar-refractivity contribution >= 4 is 25.7 Å². The third-order valence-electron chi connectivity index (χ3n) is 8.51. The normalized spacial score (nSPS) is 14.0. The van der Waals surface area contributed by atoms with E-state index in [1.807, 2.05) is 0 Å². The van der Waals surface area contributed by atoms with Gasteiger partial charge >= 0.3 is 25.7 Å². The first-order valence-corrected chi connectivity index (χ1v) is 21.2. The average Bonchev–Trinajstić information content (AvgIpc) is 3.09. The van der Waals surface area contributed by atoms with Crippen molar-refractivity contribution in [2.24, 2.45) is 5.73 Å². The van der Waals surface area contributed by atoms with Crippen molar-refractivity contribution in [3.8, 4) is 0 Å². The van der Waals surface area contributed by atoms with Crippen LogP contribution < -0.4 is 5.73 Å². The van der Waals surface area contributed by atoms with Gasteiger partial charge in [-0.1, -0.05) is 148 Å². The summed E-state index contributed by atoms with van der Waals surface area (Å²) < 4.78 is 32.6. The molecule has 0 rings (SSSR count). The number of allylic oxidation sites excluding steroid dienone is 2. The van der Waals surface area contributed by atoms with Gasteiger partial charge in [-0.05, 0) is 32.1 Å². The van der Waals surface area contributed by atoms with E-state index >= 15 is 0 Å². The Bertz CT molecular complexity index is 916. The molecule has 0 aliphatic rings. The Kier molecular flexibility index (Phi) is 33.1. The molecule has 50 heavy (non-hydrogen) atoms. The van der Waals surface area contributed by atoms with Gasteiger partial charge in [0.05, 0.1) is 13.2 Å². The molecule has 0 saturated heterocycles. The molecule has 1 unspecified atom stereocenters. The molecule has 0 bridgehead atoms. The van der Waals surface area contributed by atoms with Gasteiger partial charge in [0.15, 0.2) is 6.10 Å². The van der Waals surface area contributed by atoms with Crippen molar-refractivity contribution in [2.45, 2.75) is 193 Å². The third kappa shape index (κ3) is 33.4. The molecule has 0 heterocycles. The summed E-state index contributed by atoms with van der Waals surface area (Å²) in [6, 6.07) is -1.52. The zero-order valence-corrected chi connectivity index (χ0v) is 32.4. The number of carboxylic acids is 1. The molecule has 12 heteroatoms. The summed E-state index contributed by atoms with van der Waals surface area (Å²) in [4.78, 5) is 45.7. The second kappa shape index (κ2) is 34.3. The van der Waals surface area contributed by atoms with Gasteiger partial charge in [0.25, 0.3) is 0 Å². The molecular weight excluding hydrogens is 661 g/mol. The second-order valence-corrected chi connectivity index (χ2v) is 14.9. The second-order valence-electron chi connectivity index (χ2n) is 13.4. The molecule has 0 fully saturated rings. The lowest BCUT2D eigenvalue weighted by atomic mass is 10.0. The van der Waals surface area contributed by atoms with Crippen molar-refractivity contribution in [1.82, 2.24) is 0 Å². The number of nitrogens with two attached hydrogens (primary N) is 1. The van der Waals surface area contributed by atoms with Crippen LogP contribution in [0.2, 0.25) is 0 Å². The van der Waals surface area contributed by atoms with Crippen LogP contribution in [-0.4, -0.2) is 59.9 Å². The molecule has 0 spiro atoms. The van der Waals surface area contributed by atoms with E-state index in [-0.39, 0.29) is 19.4 Å². The summed E-state index contributed by atoms with van der Waals surface area (Å²) in [6.45, 7) is 2.75. The maximum atomic E-state index is 12.6. The first-order valence-electron chi connectivity index (χ1n) is 19.7. The summed E-state index contributed by atoms with van der Waals surface area (Å²) >= 11 is 0. The van der Waals surface area contributed by atoms with Crippen LogP contribution in [0.3, 0.4) is 0 Å². The van der Waals surface area contributed by atoms with Crippen molar-refractivity contribution in [2.75, 3.05) is 19.8 Å². The van der Waals surface area contributed by atoms with E-state index in [2.05, 4.69) is 30.5 Å². The van der Waals surface area contributed by atoms with E-state index < -0.39 is 51.1 Å². The fourth-order valence-electron chi connectivity index (χ4n) is 5.34. The van der Waals surface area contributed by atoms with Crippen molar-refractivity contribution in [3.05, 3.63) is 12.2 Å². The van der Waals surface area contributed by atoms with E-state index in [4.69, 9.17) is 24.8 Å². The number of ether oxygens (including phenoxy) is 2. The van der Waals surface area contributed by atoms with Gasteiger partial charge in [0.1, 0.15) is 12.6 Å². The third-order valence-corrected chi connectivity index (χ3v) is 9.46. The van der Waals surface area contributed by atoms with E-state index in [1.165, 1.54) is 83.5 Å². The molecule has 0 amide bonds. The van der Waals surface area contributed by atoms with E-state index in [1.54, 1.807) is 0 Å². The van der Waals surface area contributed by atoms with Crippen molar-refractivity contribution < 1.29 is 47.5 Å². The highest BCUT2D eigenvalue weighted by molar-refractivity contribution is 7.47. The van der Waals surface area contributed by atoms with Gasteiger partial charge in [-0.25, -0.2) is 4.57 Å². The Balaban J connectivity index is 4.40. The molecule has 0 aromatic heterocycles. The first-order chi connectivity index (χ1) is 24.1. The van der Waals surface area contributed by atoms with Crippen molar-refractivity contribution in [1.29, 1.82) is 0 Å². The summed E-state index contributed by atoms with van der Waals surface area (Å²) in [5.41, 5.74) is 5.32. The Morgan fingerprint density at radius 1 is 0.600 bits per heavy atom. The number of phosphoric ester groups is 1. The molecule has 0 aromatic carbocycles. The molecule has 0 aliphatic heterocycles. The van der Waals surface area contributed by atoms with Crippen LogP contribution in [0.15, 0.2) is 12.2 Å². The standard InChI is InChI=1S/C38H72NO10P/c1-3-5-7-9-11-13-15-16-17-18-20-22-24-26-28-30-37(41)49-34(32-47-50(44,45)48-33-35(39)38(42)43)31-46-36(40)29-27-25-23-21-19-14-12-10-8-6-4-2/h10,12,34-35H,3-9,11,13-33,39H2,1-2H3,(H,42,43)(H,44,45)/b12-10-/t34-,35+/m1/s1. The van der Waals surface area contributed by atoms with Crippen LogP contribution in [0, 0.1) is 0 Å². The molecule has 0 saturated carbocycles. The number of hydrogen-bond donors (Lipinski definition) is 3. The minimum absolute atomic E-state index is 0.165. The number of carbonyl (C=O) groups is 3. The molecule has 0 aromatic rings. The number of rotatable bonds is 37. The maximum absolute atomic E-state index is 12.6. The first kappa shape index (κ1) is 48.2. The number of carboxylic acid groups (broad SMARTS) is 1. The molecule has 11 nitrogen and oxygen atoms in total. The molecule has 4 N–H and O–H groups in total. The number of unbranched alkanes of at least 4 members (excludes halogenated alkanes) is 21. The maximum Gasteiger partial charge on any atom is 0.472 e. The molecule has 294 valence electrons. The lowest BCUT2D eigenvalue weighted by Crippen LogP contribution is -2.34. The number of phosphoric acid groups is 1. The number of hydrogen-bond acceptors (Lipinski definition) is 9. The zero-order chi connectivity index (χ0) is 37.1. The Hall–Kier alpha value is -1.78. The Morgan fingerprint density at radius 2 is 1.02 bits per heavy atom. The fraction of sp³-hybridized carbons (Fsp3) is 0.868. The smallest absolute Gasteiger partial charge is 0.472 e. The monoisotopic (exact) mass is 733 g/mol. The van der Waals surface area contributed by atoms with Gasteiger partial charge in [0, 0.05) is 12.8 Å². The SMILES string of the molecule is CCCC/C=C\CCCCCCCC(=O)OC[C@H](COP(=O)(O)OC[C@H](N)C(=O)O)OC(=O)CCCCCCCCCCCCCCCCC. The minimum atomic E-state index is -4.70. The lowest BCUT2D eigenvalue weighted by Gasteiger charge is -2.20. The Morgan fingerprint density at radius 3 is 1.52 bits per heavy atom. The van der Waals surface area contributed by atoms with Crippen molar-refractivity contribution in [3.63, 3.8) is 0 Å². The van der Waals surface area contributed by atoms with Gasteiger partial charge < -0.3 is 25.2 Å². The van der Waals surface area contributed by atoms with E-state index in [0.717, 1.165) is 57.8 Å². The van der Waals surface area contributed by atoms with Crippen LogP contribution in [0.4, 0.5) is 0 Å². The quantitative estimate of drug-likeness (QED) is 0.0240. The molecule has 0 radical (unpaired) electrons. The Labute approximate surface area is 303 Å². The van der Waals surface area contributed by atoms with Gasteiger partial charge in [0.2, 0.25) is 0 Å². The van der Waals surface area contributed by atoms with Crippen LogP contribution in [-0.2, 0) is 37.5 Å². The summed E-state index contributed by atoms with van der Waals surface area (Å²) in [6.07, 6.45) is 31.4. The van der Waals surface area contributed by atoms with Crippen LogP contribution in [0.5, 0.6) is 0 Å². The summed E-state index contributed by atoms with van der Waals surface area (Å²) in [5, 5.41) is 8.86.